The standard InChI is InChI=1S/C20H32O4/c1-13(2)10-22-18-8-17(16(7)21)9-19(23-11-14(3)4)20(18)24-12-15(5)6/h8-9,13-15H,10-12H2,1-7H3. The number of ether oxygens (including phenoxy) is 3. The molecule has 0 amide bonds. The number of Topliss-reactive ketones (excluding diaryl/α,β-unsaturated/α-hetero) is 1. The van der Waals surface area contributed by atoms with E-state index in [2.05, 4.69) is 41.5 Å². The summed E-state index contributed by atoms with van der Waals surface area (Å²) in [5.41, 5.74) is 0.574. The molecule has 0 atom stereocenters. The molecule has 0 aromatic heterocycles. The number of carbonyl (C=O) groups is 1. The van der Waals surface area contributed by atoms with Crippen molar-refractivity contribution in [2.75, 3.05) is 19.8 Å². The molecule has 0 unspecified atom stereocenters. The van der Waals surface area contributed by atoms with Crippen molar-refractivity contribution >= 4 is 5.78 Å². The Balaban J connectivity index is 3.23. The fourth-order valence-electron chi connectivity index (χ4n) is 1.90. The molecular weight excluding hydrogens is 304 g/mol. The molecule has 1 rings (SSSR count). The van der Waals surface area contributed by atoms with Crippen LogP contribution in [-0.2, 0) is 0 Å². The topological polar surface area (TPSA) is 44.8 Å². The van der Waals surface area contributed by atoms with Crippen LogP contribution in [0, 0.1) is 17.8 Å². The Bertz CT molecular complexity index is 499. The lowest BCUT2D eigenvalue weighted by molar-refractivity contribution is 0.101. The van der Waals surface area contributed by atoms with E-state index in [-0.39, 0.29) is 5.78 Å². The van der Waals surface area contributed by atoms with Crippen LogP contribution in [0.5, 0.6) is 17.2 Å². The number of carbonyl (C=O) groups excluding carboxylic acids is 1. The SMILES string of the molecule is CC(=O)c1cc(OCC(C)C)c(OCC(C)C)c(OCC(C)C)c1. The molecule has 0 aliphatic rings. The van der Waals surface area contributed by atoms with Gasteiger partial charge in [-0.2, -0.15) is 0 Å². The van der Waals surface area contributed by atoms with Gasteiger partial charge in [0, 0.05) is 5.56 Å². The van der Waals surface area contributed by atoms with Gasteiger partial charge in [-0.1, -0.05) is 41.5 Å². The van der Waals surface area contributed by atoms with Gasteiger partial charge in [0.05, 0.1) is 19.8 Å². The van der Waals surface area contributed by atoms with Gasteiger partial charge in [-0.25, -0.2) is 0 Å². The molecule has 136 valence electrons. The van der Waals surface area contributed by atoms with Crippen molar-refractivity contribution in [1.82, 2.24) is 0 Å². The third-order valence-electron chi connectivity index (χ3n) is 3.13. The molecule has 0 N–H and O–H groups in total. The lowest BCUT2D eigenvalue weighted by Gasteiger charge is -2.20. The highest BCUT2D eigenvalue weighted by Gasteiger charge is 2.18. The van der Waals surface area contributed by atoms with Crippen molar-refractivity contribution in [1.29, 1.82) is 0 Å². The van der Waals surface area contributed by atoms with Gasteiger partial charge in [0.1, 0.15) is 0 Å². The molecule has 0 heterocycles. The highest BCUT2D eigenvalue weighted by atomic mass is 16.5. The van der Waals surface area contributed by atoms with Gasteiger partial charge in [0.25, 0.3) is 0 Å². The summed E-state index contributed by atoms with van der Waals surface area (Å²) in [7, 11) is 0. The van der Waals surface area contributed by atoms with Crippen molar-refractivity contribution in [3.05, 3.63) is 17.7 Å². The van der Waals surface area contributed by atoms with Crippen molar-refractivity contribution in [3.8, 4) is 17.2 Å². The zero-order valence-electron chi connectivity index (χ0n) is 16.1. The first-order valence-electron chi connectivity index (χ1n) is 8.78. The fourth-order valence-corrected chi connectivity index (χ4v) is 1.90. The maximum Gasteiger partial charge on any atom is 0.203 e. The second-order valence-electron chi connectivity index (χ2n) is 7.47. The minimum absolute atomic E-state index is 0.0193. The molecule has 1 aromatic carbocycles. The van der Waals surface area contributed by atoms with Crippen LogP contribution in [0.2, 0.25) is 0 Å². The summed E-state index contributed by atoms with van der Waals surface area (Å²) < 4.78 is 17.8. The molecule has 0 saturated carbocycles. The monoisotopic (exact) mass is 336 g/mol. The summed E-state index contributed by atoms with van der Waals surface area (Å²) in [5.74, 6) is 2.87. The molecule has 0 aliphatic heterocycles. The quantitative estimate of drug-likeness (QED) is 0.564. The zero-order valence-corrected chi connectivity index (χ0v) is 16.1. The first-order valence-corrected chi connectivity index (χ1v) is 8.78. The van der Waals surface area contributed by atoms with E-state index in [4.69, 9.17) is 14.2 Å². The second-order valence-corrected chi connectivity index (χ2v) is 7.47. The van der Waals surface area contributed by atoms with Crippen LogP contribution in [0.15, 0.2) is 12.1 Å². The highest BCUT2D eigenvalue weighted by Crippen LogP contribution is 2.40. The van der Waals surface area contributed by atoms with Crippen molar-refractivity contribution in [2.45, 2.75) is 48.5 Å². The Labute approximate surface area is 146 Å². The van der Waals surface area contributed by atoms with E-state index in [1.54, 1.807) is 19.1 Å². The number of ketones is 1. The Morgan fingerprint density at radius 2 is 1.17 bits per heavy atom. The number of hydrogen-bond donors (Lipinski definition) is 0. The van der Waals surface area contributed by atoms with Gasteiger partial charge < -0.3 is 14.2 Å². The minimum Gasteiger partial charge on any atom is -0.489 e. The molecule has 0 aliphatic carbocycles. The molecule has 0 radical (unpaired) electrons. The molecule has 0 saturated heterocycles. The van der Waals surface area contributed by atoms with Crippen molar-refractivity contribution < 1.29 is 19.0 Å². The average molecular weight is 336 g/mol. The summed E-state index contributed by atoms with van der Waals surface area (Å²) in [6, 6.07) is 3.51. The maximum absolute atomic E-state index is 11.9. The van der Waals surface area contributed by atoms with E-state index >= 15 is 0 Å². The molecule has 24 heavy (non-hydrogen) atoms. The summed E-state index contributed by atoms with van der Waals surface area (Å²) in [6.45, 7) is 15.7. The van der Waals surface area contributed by atoms with Gasteiger partial charge >= 0.3 is 0 Å². The van der Waals surface area contributed by atoms with Gasteiger partial charge in [0.15, 0.2) is 17.3 Å². The van der Waals surface area contributed by atoms with Crippen molar-refractivity contribution in [2.24, 2.45) is 17.8 Å². The highest BCUT2D eigenvalue weighted by molar-refractivity contribution is 5.95. The van der Waals surface area contributed by atoms with Crippen LogP contribution in [0.25, 0.3) is 0 Å². The van der Waals surface area contributed by atoms with Crippen molar-refractivity contribution in [3.63, 3.8) is 0 Å². The molecular formula is C20H32O4. The first kappa shape index (κ1) is 20.3. The lowest BCUT2D eigenvalue weighted by Crippen LogP contribution is -2.12. The predicted molar refractivity (Wildman–Crippen MR) is 97.4 cm³/mol. The Morgan fingerprint density at radius 3 is 1.50 bits per heavy atom. The molecule has 1 aromatic rings. The van der Waals surface area contributed by atoms with Gasteiger partial charge in [-0.3, -0.25) is 4.79 Å². The smallest absolute Gasteiger partial charge is 0.203 e. The Kier molecular flexibility index (Phi) is 8.09. The fraction of sp³-hybridized carbons (Fsp3) is 0.650. The first-order chi connectivity index (χ1) is 11.2. The molecule has 4 nitrogen and oxygen atoms in total. The molecule has 0 spiro atoms. The van der Waals surface area contributed by atoms with E-state index in [1.165, 1.54) is 0 Å². The number of benzene rings is 1. The summed E-state index contributed by atoms with van der Waals surface area (Å²) in [6.07, 6.45) is 0. The summed E-state index contributed by atoms with van der Waals surface area (Å²) in [4.78, 5) is 11.9. The largest absolute Gasteiger partial charge is 0.489 e. The van der Waals surface area contributed by atoms with Gasteiger partial charge in [-0.15, -0.1) is 0 Å². The number of hydrogen-bond acceptors (Lipinski definition) is 4. The van der Waals surface area contributed by atoms with Crippen LogP contribution >= 0.6 is 0 Å². The van der Waals surface area contributed by atoms with Crippen LogP contribution in [0.1, 0.15) is 58.8 Å². The lowest BCUT2D eigenvalue weighted by atomic mass is 10.1. The van der Waals surface area contributed by atoms with Crippen LogP contribution in [0.4, 0.5) is 0 Å². The van der Waals surface area contributed by atoms with Crippen LogP contribution in [-0.4, -0.2) is 25.6 Å². The maximum atomic E-state index is 11.9. The third-order valence-corrected chi connectivity index (χ3v) is 3.13. The Hall–Kier alpha value is -1.71. The Morgan fingerprint density at radius 1 is 0.792 bits per heavy atom. The van der Waals surface area contributed by atoms with Crippen LogP contribution in [0.3, 0.4) is 0 Å². The van der Waals surface area contributed by atoms with E-state index in [0.717, 1.165) is 0 Å². The summed E-state index contributed by atoms with van der Waals surface area (Å²) in [5, 5.41) is 0. The number of rotatable bonds is 10. The van der Waals surface area contributed by atoms with Crippen LogP contribution < -0.4 is 14.2 Å². The zero-order chi connectivity index (χ0) is 18.3. The van der Waals surface area contributed by atoms with E-state index in [0.29, 0.717) is 60.4 Å². The normalized spacial score (nSPS) is 11.2. The van der Waals surface area contributed by atoms with E-state index in [9.17, 15) is 4.79 Å². The molecule has 0 fully saturated rings. The molecule has 0 bridgehead atoms. The third kappa shape index (κ3) is 6.81. The molecule has 4 heteroatoms. The minimum atomic E-state index is -0.0193. The van der Waals surface area contributed by atoms with Gasteiger partial charge in [0.2, 0.25) is 5.75 Å². The average Bonchev–Trinajstić information content (AvgIpc) is 2.48. The van der Waals surface area contributed by atoms with Gasteiger partial charge in [-0.05, 0) is 36.8 Å². The summed E-state index contributed by atoms with van der Waals surface area (Å²) >= 11 is 0. The van der Waals surface area contributed by atoms with E-state index in [1.807, 2.05) is 0 Å². The van der Waals surface area contributed by atoms with E-state index < -0.39 is 0 Å². The predicted octanol–water partition coefficient (Wildman–Crippen LogP) is 4.99. The second kappa shape index (κ2) is 9.55.